The van der Waals surface area contributed by atoms with Gasteiger partial charge in [0, 0.05) is 18.0 Å². The van der Waals surface area contributed by atoms with Gasteiger partial charge in [-0.3, -0.25) is 4.79 Å². The second kappa shape index (κ2) is 6.59. The van der Waals surface area contributed by atoms with Crippen LogP contribution in [0.25, 0.3) is 0 Å². The zero-order chi connectivity index (χ0) is 10.7. The lowest BCUT2D eigenvalue weighted by Gasteiger charge is -2.23. The first-order valence-electron chi connectivity index (χ1n) is 5.01. The summed E-state index contributed by atoms with van der Waals surface area (Å²) in [6.45, 7) is 1.95. The molecule has 2 heterocycles. The van der Waals surface area contributed by atoms with Gasteiger partial charge >= 0.3 is 0 Å². The quantitative estimate of drug-likeness (QED) is 0.877. The van der Waals surface area contributed by atoms with Crippen LogP contribution in [0.2, 0.25) is 0 Å². The molecule has 1 amide bonds. The molecule has 6 heteroatoms. The topological polar surface area (TPSA) is 41.1 Å². The molecular formula is C10H14BrClN2OS. The average Bonchev–Trinajstić information content (AvgIpc) is 2.66. The minimum absolute atomic E-state index is 0. The van der Waals surface area contributed by atoms with Crippen LogP contribution in [-0.2, 0) is 0 Å². The maximum absolute atomic E-state index is 11.8. The SMILES string of the molecule is Cl.O=C(N[C@@H]1CCCNC1)c1csc(Br)c1. The van der Waals surface area contributed by atoms with Crippen LogP contribution in [0, 0.1) is 0 Å². The van der Waals surface area contributed by atoms with E-state index in [1.807, 2.05) is 11.4 Å². The van der Waals surface area contributed by atoms with Gasteiger partial charge in [0.1, 0.15) is 0 Å². The Bertz CT molecular complexity index is 352. The van der Waals surface area contributed by atoms with Crippen LogP contribution in [0.15, 0.2) is 15.2 Å². The Morgan fingerprint density at radius 1 is 1.62 bits per heavy atom. The van der Waals surface area contributed by atoms with E-state index in [1.165, 1.54) is 11.3 Å². The number of piperidine rings is 1. The van der Waals surface area contributed by atoms with Crippen LogP contribution in [0.3, 0.4) is 0 Å². The summed E-state index contributed by atoms with van der Waals surface area (Å²) < 4.78 is 0.995. The van der Waals surface area contributed by atoms with Crippen LogP contribution in [-0.4, -0.2) is 25.0 Å². The molecule has 2 rings (SSSR count). The van der Waals surface area contributed by atoms with Crippen molar-refractivity contribution in [1.82, 2.24) is 10.6 Å². The molecule has 16 heavy (non-hydrogen) atoms. The Morgan fingerprint density at radius 2 is 2.44 bits per heavy atom. The Labute approximate surface area is 114 Å². The average molecular weight is 326 g/mol. The number of hydrogen-bond donors (Lipinski definition) is 2. The highest BCUT2D eigenvalue weighted by Crippen LogP contribution is 2.20. The molecular weight excluding hydrogens is 312 g/mol. The molecule has 0 aliphatic carbocycles. The largest absolute Gasteiger partial charge is 0.348 e. The number of rotatable bonds is 2. The van der Waals surface area contributed by atoms with E-state index in [0.717, 1.165) is 35.3 Å². The van der Waals surface area contributed by atoms with Gasteiger partial charge in [-0.05, 0) is 41.4 Å². The second-order valence-electron chi connectivity index (χ2n) is 3.66. The third-order valence-corrected chi connectivity index (χ3v) is 3.97. The summed E-state index contributed by atoms with van der Waals surface area (Å²) in [5, 5.41) is 8.18. The van der Waals surface area contributed by atoms with Crippen molar-refractivity contribution in [1.29, 1.82) is 0 Å². The van der Waals surface area contributed by atoms with Gasteiger partial charge in [0.25, 0.3) is 5.91 Å². The van der Waals surface area contributed by atoms with Crippen molar-refractivity contribution in [3.63, 3.8) is 0 Å². The van der Waals surface area contributed by atoms with Gasteiger partial charge in [-0.1, -0.05) is 0 Å². The number of carbonyl (C=O) groups excluding carboxylic acids is 1. The number of halogens is 2. The van der Waals surface area contributed by atoms with E-state index < -0.39 is 0 Å². The predicted molar refractivity (Wildman–Crippen MR) is 72.6 cm³/mol. The van der Waals surface area contributed by atoms with Crippen LogP contribution >= 0.6 is 39.7 Å². The molecule has 0 saturated carbocycles. The van der Waals surface area contributed by atoms with Crippen molar-refractivity contribution in [2.75, 3.05) is 13.1 Å². The van der Waals surface area contributed by atoms with Crippen molar-refractivity contribution in [2.24, 2.45) is 0 Å². The molecule has 2 N–H and O–H groups in total. The smallest absolute Gasteiger partial charge is 0.252 e. The van der Waals surface area contributed by atoms with Gasteiger partial charge in [0.05, 0.1) is 9.35 Å². The van der Waals surface area contributed by atoms with Crippen molar-refractivity contribution >= 4 is 45.6 Å². The normalized spacial score (nSPS) is 19.9. The van der Waals surface area contributed by atoms with Gasteiger partial charge in [0.15, 0.2) is 0 Å². The van der Waals surface area contributed by atoms with Crippen molar-refractivity contribution in [2.45, 2.75) is 18.9 Å². The number of carbonyl (C=O) groups is 1. The summed E-state index contributed by atoms with van der Waals surface area (Å²) in [6, 6.07) is 2.14. The van der Waals surface area contributed by atoms with Crippen molar-refractivity contribution < 1.29 is 4.79 Å². The van der Waals surface area contributed by atoms with Gasteiger partial charge in [-0.25, -0.2) is 0 Å². The molecule has 1 fully saturated rings. The van der Waals surface area contributed by atoms with Crippen LogP contribution in [0.1, 0.15) is 23.2 Å². The van der Waals surface area contributed by atoms with Gasteiger partial charge in [-0.2, -0.15) is 0 Å². The molecule has 0 unspecified atom stereocenters. The molecule has 1 atom stereocenters. The highest BCUT2D eigenvalue weighted by Gasteiger charge is 2.16. The Hall–Kier alpha value is -0.100. The minimum Gasteiger partial charge on any atom is -0.348 e. The van der Waals surface area contributed by atoms with Crippen LogP contribution in [0.4, 0.5) is 0 Å². The first-order valence-corrected chi connectivity index (χ1v) is 6.68. The molecule has 1 aliphatic heterocycles. The lowest BCUT2D eigenvalue weighted by molar-refractivity contribution is 0.0931. The van der Waals surface area contributed by atoms with Gasteiger partial charge in [-0.15, -0.1) is 23.7 Å². The van der Waals surface area contributed by atoms with E-state index >= 15 is 0 Å². The maximum Gasteiger partial charge on any atom is 0.252 e. The standard InChI is InChI=1S/C10H13BrN2OS.ClH/c11-9-4-7(6-15-9)10(14)13-8-2-1-3-12-5-8;/h4,6,8,12H,1-3,5H2,(H,13,14);1H/t8-;/m1./s1. The molecule has 0 bridgehead atoms. The Kier molecular flexibility index (Phi) is 5.75. The summed E-state index contributed by atoms with van der Waals surface area (Å²) in [6.07, 6.45) is 2.21. The molecule has 1 saturated heterocycles. The first kappa shape index (κ1) is 14.0. The van der Waals surface area contributed by atoms with Crippen LogP contribution in [0.5, 0.6) is 0 Å². The number of amides is 1. The fraction of sp³-hybridized carbons (Fsp3) is 0.500. The fourth-order valence-electron chi connectivity index (χ4n) is 1.67. The van der Waals surface area contributed by atoms with E-state index in [0.29, 0.717) is 0 Å². The number of hydrogen-bond acceptors (Lipinski definition) is 3. The fourth-order valence-corrected chi connectivity index (χ4v) is 2.81. The highest BCUT2D eigenvalue weighted by atomic mass is 79.9. The van der Waals surface area contributed by atoms with Crippen LogP contribution < -0.4 is 10.6 Å². The van der Waals surface area contributed by atoms with E-state index in [-0.39, 0.29) is 24.4 Å². The second-order valence-corrected chi connectivity index (χ2v) is 5.95. The van der Waals surface area contributed by atoms with Gasteiger partial charge in [0.2, 0.25) is 0 Å². The summed E-state index contributed by atoms with van der Waals surface area (Å²) in [5.41, 5.74) is 0.748. The summed E-state index contributed by atoms with van der Waals surface area (Å²) in [5.74, 6) is 0.0330. The molecule has 0 aromatic carbocycles. The van der Waals surface area contributed by atoms with Gasteiger partial charge < -0.3 is 10.6 Å². The molecule has 1 aliphatic rings. The number of thiophene rings is 1. The number of nitrogens with one attached hydrogen (secondary N) is 2. The third kappa shape index (κ3) is 3.73. The van der Waals surface area contributed by atoms with E-state index in [1.54, 1.807) is 0 Å². The zero-order valence-corrected chi connectivity index (χ0v) is 11.9. The molecule has 0 spiro atoms. The summed E-state index contributed by atoms with van der Waals surface area (Å²) in [4.78, 5) is 11.8. The Balaban J connectivity index is 0.00000128. The van der Waals surface area contributed by atoms with E-state index in [2.05, 4.69) is 26.6 Å². The van der Waals surface area contributed by atoms with E-state index in [9.17, 15) is 4.79 Å². The monoisotopic (exact) mass is 324 g/mol. The molecule has 0 radical (unpaired) electrons. The minimum atomic E-state index is 0. The lowest BCUT2D eigenvalue weighted by atomic mass is 10.1. The third-order valence-electron chi connectivity index (χ3n) is 2.46. The first-order chi connectivity index (χ1) is 7.25. The van der Waals surface area contributed by atoms with Crippen molar-refractivity contribution in [3.8, 4) is 0 Å². The lowest BCUT2D eigenvalue weighted by Crippen LogP contribution is -2.45. The van der Waals surface area contributed by atoms with Crippen molar-refractivity contribution in [3.05, 3.63) is 20.8 Å². The molecule has 3 nitrogen and oxygen atoms in total. The molecule has 90 valence electrons. The van der Waals surface area contributed by atoms with E-state index in [4.69, 9.17) is 0 Å². The molecule has 1 aromatic heterocycles. The maximum atomic E-state index is 11.8. The zero-order valence-electron chi connectivity index (χ0n) is 8.66. The predicted octanol–water partition coefficient (Wildman–Crippen LogP) is 2.41. The molecule has 1 aromatic rings. The Morgan fingerprint density at radius 3 is 3.00 bits per heavy atom. The summed E-state index contributed by atoms with van der Waals surface area (Å²) >= 11 is 4.89. The highest BCUT2D eigenvalue weighted by molar-refractivity contribution is 9.11. The summed E-state index contributed by atoms with van der Waals surface area (Å²) in [7, 11) is 0.